The molecule has 1 heterocycles. The van der Waals surface area contributed by atoms with E-state index in [1.807, 2.05) is 27.7 Å². The zero-order chi connectivity index (χ0) is 13.1. The summed E-state index contributed by atoms with van der Waals surface area (Å²) in [5, 5.41) is 0. The molecule has 1 saturated heterocycles. The van der Waals surface area contributed by atoms with E-state index in [9.17, 15) is 8.87 Å². The van der Waals surface area contributed by atoms with Crippen LogP contribution in [0.5, 0.6) is 0 Å². The van der Waals surface area contributed by atoms with Gasteiger partial charge in [-0.15, -0.1) is 4.48 Å². The lowest BCUT2D eigenvalue weighted by Crippen LogP contribution is -2.41. The van der Waals surface area contributed by atoms with Gasteiger partial charge in [0.15, 0.2) is 6.80 Å². The molecule has 17 heavy (non-hydrogen) atoms. The molecule has 96 valence electrons. The molecule has 1 fully saturated rings. The monoisotopic (exact) mass is 246 g/mol. The maximum atomic E-state index is 12.6. The van der Waals surface area contributed by atoms with Crippen LogP contribution in [-0.4, -0.2) is 31.3 Å². The Morgan fingerprint density at radius 3 is 2.24 bits per heavy atom. The molecule has 0 spiro atoms. The first kappa shape index (κ1) is 14.1. The third kappa shape index (κ3) is 3.04. The fourth-order valence-corrected chi connectivity index (χ4v) is 1.30. The van der Waals surface area contributed by atoms with Crippen molar-refractivity contribution in [3.8, 4) is 0 Å². The fraction of sp³-hybridized carbons (Fsp3) is 0.700. The van der Waals surface area contributed by atoms with Gasteiger partial charge >= 0.3 is 7.12 Å². The summed E-state index contributed by atoms with van der Waals surface area (Å²) in [6, 6.07) is 0. The smallest absolute Gasteiger partial charge is 0.398 e. The van der Waals surface area contributed by atoms with Crippen LogP contribution in [0.15, 0.2) is 16.7 Å². The minimum Gasteiger partial charge on any atom is -0.398 e. The average molecular weight is 246 g/mol. The number of hydrogen-bond donors (Lipinski definition) is 1. The summed E-state index contributed by atoms with van der Waals surface area (Å²) in [4.78, 5) is 3.32. The Morgan fingerprint density at radius 1 is 1.29 bits per heavy atom. The molecule has 0 saturated carbocycles. The Labute approximate surface area is 100 Å². The Kier molecular flexibility index (Phi) is 4.27. The molecule has 0 unspecified atom stereocenters. The van der Waals surface area contributed by atoms with E-state index in [-0.39, 0.29) is 5.60 Å². The molecule has 0 atom stereocenters. The van der Waals surface area contributed by atoms with Crippen molar-refractivity contribution < 1.29 is 18.2 Å². The Morgan fingerprint density at radius 2 is 1.82 bits per heavy atom. The van der Waals surface area contributed by atoms with Crippen LogP contribution in [0.3, 0.4) is 0 Å². The van der Waals surface area contributed by atoms with Gasteiger partial charge in [0, 0.05) is 6.21 Å². The molecule has 1 aliphatic heterocycles. The number of nitrogens with one attached hydrogen (secondary N) is 1. The maximum Gasteiger partial charge on any atom is 0.514 e. The molecule has 0 aromatic carbocycles. The van der Waals surface area contributed by atoms with Gasteiger partial charge < -0.3 is 9.31 Å². The van der Waals surface area contributed by atoms with Gasteiger partial charge in [0.2, 0.25) is 0 Å². The van der Waals surface area contributed by atoms with Crippen LogP contribution in [0, 0.1) is 0 Å². The molecule has 1 aliphatic rings. The molecule has 0 radical (unpaired) electrons. The first-order valence-corrected chi connectivity index (χ1v) is 5.32. The van der Waals surface area contributed by atoms with Gasteiger partial charge in [-0.05, 0) is 33.8 Å². The number of nitrogens with zero attached hydrogens (tertiary/aromatic N) is 1. The van der Waals surface area contributed by atoms with E-state index in [1.54, 1.807) is 0 Å². The van der Waals surface area contributed by atoms with Crippen molar-refractivity contribution in [1.29, 1.82) is 0 Å². The largest absolute Gasteiger partial charge is 0.514 e. The van der Waals surface area contributed by atoms with Crippen LogP contribution in [0.1, 0.15) is 27.7 Å². The molecule has 1 N–H and O–H groups in total. The van der Waals surface area contributed by atoms with Crippen molar-refractivity contribution in [1.82, 2.24) is 5.54 Å². The zero-order valence-corrected chi connectivity index (χ0v) is 10.5. The van der Waals surface area contributed by atoms with Crippen LogP contribution >= 0.6 is 0 Å². The number of alkyl halides is 1. The Bertz CT molecular complexity index is 316. The number of rotatable bonds is 4. The van der Waals surface area contributed by atoms with Crippen LogP contribution in [0.2, 0.25) is 0 Å². The summed E-state index contributed by atoms with van der Waals surface area (Å²) in [5.41, 5.74) is 0.431. The summed E-state index contributed by atoms with van der Waals surface area (Å²) in [6.45, 7) is 6.59. The first-order valence-electron chi connectivity index (χ1n) is 5.32. The lowest BCUT2D eigenvalue weighted by Gasteiger charge is -2.32. The highest BCUT2D eigenvalue weighted by Gasteiger charge is 2.52. The summed E-state index contributed by atoms with van der Waals surface area (Å²) in [7, 11) is -0.851. The summed E-state index contributed by atoms with van der Waals surface area (Å²) >= 11 is 0. The van der Waals surface area contributed by atoms with Crippen molar-refractivity contribution in [2.45, 2.75) is 38.9 Å². The summed E-state index contributed by atoms with van der Waals surface area (Å²) < 4.78 is 35.6. The molecule has 0 aromatic rings. The molecular formula is C10H17BF2N2O2. The number of halogens is 2. The second-order valence-electron chi connectivity index (χ2n) is 4.76. The quantitative estimate of drug-likeness (QED) is 0.357. The highest BCUT2D eigenvalue weighted by Crippen LogP contribution is 2.37. The Balaban J connectivity index is 2.81. The standard InChI is InChI=1S/C10H17BF2N2O2/c1-9(2)10(3,4)17-11(16-9)8(15-13)5-6-14-7-12/h5-6,15H,7H2,1-4H3/b8-5-,14-6+. The lowest BCUT2D eigenvalue weighted by molar-refractivity contribution is 0.00578. The molecule has 1 rings (SSSR count). The van der Waals surface area contributed by atoms with Crippen LogP contribution in [-0.2, 0) is 9.31 Å². The Hall–Kier alpha value is -0.945. The zero-order valence-electron chi connectivity index (χ0n) is 10.5. The molecule has 7 heteroatoms. The fourth-order valence-electron chi connectivity index (χ4n) is 1.30. The third-order valence-corrected chi connectivity index (χ3v) is 3.04. The summed E-state index contributed by atoms with van der Waals surface area (Å²) in [6.07, 6.45) is 2.44. The van der Waals surface area contributed by atoms with Crippen molar-refractivity contribution in [3.63, 3.8) is 0 Å². The van der Waals surface area contributed by atoms with E-state index in [1.165, 1.54) is 11.6 Å². The predicted octanol–water partition coefficient (Wildman–Crippen LogP) is 1.97. The van der Waals surface area contributed by atoms with E-state index >= 15 is 0 Å². The van der Waals surface area contributed by atoms with Gasteiger partial charge in [-0.25, -0.2) is 9.93 Å². The second kappa shape index (κ2) is 5.14. The minimum atomic E-state index is -0.851. The molecule has 0 amide bonds. The maximum absolute atomic E-state index is 12.6. The highest BCUT2D eigenvalue weighted by atomic mass is 19.2. The summed E-state index contributed by atoms with van der Waals surface area (Å²) in [5.74, 6) is 0. The third-order valence-electron chi connectivity index (χ3n) is 3.04. The van der Waals surface area contributed by atoms with Crippen molar-refractivity contribution in [2.24, 2.45) is 4.99 Å². The average Bonchev–Trinajstić information content (AvgIpc) is 2.43. The van der Waals surface area contributed by atoms with Crippen LogP contribution < -0.4 is 5.54 Å². The van der Waals surface area contributed by atoms with E-state index < -0.39 is 25.1 Å². The van der Waals surface area contributed by atoms with Crippen molar-refractivity contribution in [3.05, 3.63) is 11.7 Å². The van der Waals surface area contributed by atoms with Gasteiger partial charge in [0.25, 0.3) is 0 Å². The van der Waals surface area contributed by atoms with E-state index in [0.717, 1.165) is 6.21 Å². The SMILES string of the molecule is CC1(C)OB(/C(=C/C=N/CF)NF)OC1(C)C. The first-order chi connectivity index (χ1) is 7.84. The predicted molar refractivity (Wildman–Crippen MR) is 62.9 cm³/mol. The lowest BCUT2D eigenvalue weighted by atomic mass is 9.85. The molecule has 0 aromatic heterocycles. The van der Waals surface area contributed by atoms with E-state index in [2.05, 4.69) is 4.99 Å². The molecule has 4 nitrogen and oxygen atoms in total. The van der Waals surface area contributed by atoms with Gasteiger partial charge in [0.1, 0.15) is 0 Å². The van der Waals surface area contributed by atoms with Crippen LogP contribution in [0.4, 0.5) is 8.87 Å². The topological polar surface area (TPSA) is 42.8 Å². The second-order valence-corrected chi connectivity index (χ2v) is 4.76. The highest BCUT2D eigenvalue weighted by molar-refractivity contribution is 6.54. The van der Waals surface area contributed by atoms with E-state index in [4.69, 9.17) is 9.31 Å². The van der Waals surface area contributed by atoms with Gasteiger partial charge in [-0.3, -0.25) is 4.99 Å². The van der Waals surface area contributed by atoms with Gasteiger partial charge in [0.05, 0.1) is 16.8 Å². The number of aliphatic imine (C=N–C) groups is 1. The minimum absolute atomic E-state index is 0.0563. The van der Waals surface area contributed by atoms with E-state index in [0.29, 0.717) is 0 Å². The van der Waals surface area contributed by atoms with Gasteiger partial charge in [-0.2, -0.15) is 0 Å². The van der Waals surface area contributed by atoms with Crippen molar-refractivity contribution >= 4 is 13.3 Å². The molecule has 0 bridgehead atoms. The van der Waals surface area contributed by atoms with Gasteiger partial charge in [-0.1, -0.05) is 0 Å². The van der Waals surface area contributed by atoms with Crippen LogP contribution in [0.25, 0.3) is 0 Å². The number of allylic oxidation sites excluding steroid dienone is 1. The molecule has 0 aliphatic carbocycles. The molecular weight excluding hydrogens is 229 g/mol. The normalized spacial score (nSPS) is 23.4. The van der Waals surface area contributed by atoms with Crippen molar-refractivity contribution in [2.75, 3.05) is 6.80 Å². The number of hydrogen-bond acceptors (Lipinski definition) is 4.